The third kappa shape index (κ3) is 5.20. The zero-order valence-corrected chi connectivity index (χ0v) is 10.4. The maximum Gasteiger partial charge on any atom is 0.287 e. The van der Waals surface area contributed by atoms with E-state index in [2.05, 4.69) is 22.2 Å². The summed E-state index contributed by atoms with van der Waals surface area (Å²) in [5, 5.41) is 5.56. The topological polar surface area (TPSA) is 92.6 Å². The van der Waals surface area contributed by atoms with Gasteiger partial charge in [-0.25, -0.2) is 4.99 Å². The van der Waals surface area contributed by atoms with Gasteiger partial charge in [-0.05, 0) is 19.1 Å². The van der Waals surface area contributed by atoms with Crippen molar-refractivity contribution in [2.45, 2.75) is 6.92 Å². The van der Waals surface area contributed by atoms with Gasteiger partial charge in [-0.3, -0.25) is 4.79 Å². The first-order valence-electron chi connectivity index (χ1n) is 5.59. The van der Waals surface area contributed by atoms with Crippen molar-refractivity contribution >= 4 is 11.9 Å². The molecule has 18 heavy (non-hydrogen) atoms. The van der Waals surface area contributed by atoms with E-state index in [1.807, 2.05) is 6.92 Å². The zero-order valence-electron chi connectivity index (χ0n) is 10.4. The predicted octanol–water partition coefficient (Wildman–Crippen LogP) is 0.490. The maximum atomic E-state index is 11.5. The molecule has 1 aromatic rings. The van der Waals surface area contributed by atoms with Gasteiger partial charge < -0.3 is 20.8 Å². The summed E-state index contributed by atoms with van der Waals surface area (Å²) in [4.78, 5) is 15.5. The molecule has 4 N–H and O–H groups in total. The van der Waals surface area contributed by atoms with E-state index in [-0.39, 0.29) is 5.91 Å². The molecule has 1 heterocycles. The first-order chi connectivity index (χ1) is 8.59. The molecule has 0 aromatic carbocycles. The highest BCUT2D eigenvalue weighted by atomic mass is 16.3. The molecule has 6 heteroatoms. The Balaban J connectivity index is 2.17. The molecule has 98 valence electrons. The van der Waals surface area contributed by atoms with Gasteiger partial charge in [0.25, 0.3) is 5.91 Å². The Kier molecular flexibility index (Phi) is 5.50. The number of amides is 1. The third-order valence-electron chi connectivity index (χ3n) is 1.98. The van der Waals surface area contributed by atoms with Gasteiger partial charge in [-0.1, -0.05) is 12.2 Å². The van der Waals surface area contributed by atoms with Crippen molar-refractivity contribution in [2.24, 2.45) is 10.7 Å². The lowest BCUT2D eigenvalue weighted by Gasteiger charge is -2.06. The van der Waals surface area contributed by atoms with Crippen LogP contribution < -0.4 is 16.4 Å². The first kappa shape index (κ1) is 13.8. The molecule has 0 unspecified atom stereocenters. The van der Waals surface area contributed by atoms with Gasteiger partial charge in [-0.15, -0.1) is 0 Å². The van der Waals surface area contributed by atoms with Crippen LogP contribution in [0.5, 0.6) is 0 Å². The molecule has 0 spiro atoms. The number of nitrogens with one attached hydrogen (secondary N) is 2. The number of hydrogen-bond donors (Lipinski definition) is 3. The highest BCUT2D eigenvalue weighted by Gasteiger charge is 2.06. The summed E-state index contributed by atoms with van der Waals surface area (Å²) in [5.41, 5.74) is 6.54. The quantitative estimate of drug-likeness (QED) is 0.296. The smallest absolute Gasteiger partial charge is 0.287 e. The van der Waals surface area contributed by atoms with Crippen LogP contribution in [0.2, 0.25) is 0 Å². The van der Waals surface area contributed by atoms with Crippen molar-refractivity contribution in [1.82, 2.24) is 10.6 Å². The molecular weight excluding hydrogens is 232 g/mol. The average molecular weight is 250 g/mol. The lowest BCUT2D eigenvalue weighted by atomic mass is 10.4. The second-order valence-corrected chi connectivity index (χ2v) is 3.82. The van der Waals surface area contributed by atoms with Gasteiger partial charge in [-0.2, -0.15) is 0 Å². The largest absolute Gasteiger partial charge is 0.459 e. The number of hydrogen-bond acceptors (Lipinski definition) is 3. The molecule has 0 aliphatic carbocycles. The Hall–Kier alpha value is -2.24. The van der Waals surface area contributed by atoms with E-state index in [4.69, 9.17) is 10.2 Å². The fourth-order valence-electron chi connectivity index (χ4n) is 1.14. The number of aliphatic imine (C=N–C) groups is 1. The summed E-state index contributed by atoms with van der Waals surface area (Å²) < 4.78 is 4.95. The fourth-order valence-corrected chi connectivity index (χ4v) is 1.14. The van der Waals surface area contributed by atoms with Crippen LogP contribution in [0.4, 0.5) is 0 Å². The second kappa shape index (κ2) is 7.16. The van der Waals surface area contributed by atoms with Crippen molar-refractivity contribution < 1.29 is 9.21 Å². The van der Waals surface area contributed by atoms with Crippen molar-refractivity contribution in [3.8, 4) is 0 Å². The lowest BCUT2D eigenvalue weighted by molar-refractivity contribution is 0.0926. The molecule has 1 rings (SSSR count). The van der Waals surface area contributed by atoms with Crippen LogP contribution in [0.3, 0.4) is 0 Å². The van der Waals surface area contributed by atoms with E-state index in [0.717, 1.165) is 5.57 Å². The van der Waals surface area contributed by atoms with Crippen LogP contribution in [0.1, 0.15) is 17.5 Å². The van der Waals surface area contributed by atoms with Gasteiger partial charge in [0.2, 0.25) is 0 Å². The standard InChI is InChI=1S/C12H18N4O2/c1-9(2)8-16-12(13)15-6-5-14-11(17)10-4-3-7-18-10/h3-4,7H,1,5-6,8H2,2H3,(H,14,17)(H3,13,15,16). The molecule has 0 fully saturated rings. The minimum absolute atomic E-state index is 0.251. The number of nitrogens with two attached hydrogens (primary N) is 1. The molecule has 1 amide bonds. The molecule has 0 radical (unpaired) electrons. The van der Waals surface area contributed by atoms with Crippen LogP contribution in [-0.4, -0.2) is 31.5 Å². The summed E-state index contributed by atoms with van der Waals surface area (Å²) in [6.07, 6.45) is 1.45. The van der Waals surface area contributed by atoms with Crippen LogP contribution in [0.25, 0.3) is 0 Å². The van der Waals surface area contributed by atoms with Gasteiger partial charge in [0.1, 0.15) is 0 Å². The number of furan rings is 1. The number of rotatable bonds is 6. The molecule has 1 aromatic heterocycles. The molecule has 0 atom stereocenters. The summed E-state index contributed by atoms with van der Waals surface area (Å²) in [6, 6.07) is 3.26. The molecular formula is C12H18N4O2. The van der Waals surface area contributed by atoms with E-state index in [1.54, 1.807) is 12.1 Å². The van der Waals surface area contributed by atoms with Crippen LogP contribution in [0.15, 0.2) is 40.0 Å². The molecule has 0 aliphatic rings. The monoisotopic (exact) mass is 250 g/mol. The van der Waals surface area contributed by atoms with E-state index in [1.165, 1.54) is 6.26 Å². The van der Waals surface area contributed by atoms with Crippen molar-refractivity contribution in [3.05, 3.63) is 36.3 Å². The highest BCUT2D eigenvalue weighted by Crippen LogP contribution is 1.98. The Morgan fingerprint density at radius 3 is 2.83 bits per heavy atom. The summed E-state index contributed by atoms with van der Waals surface area (Å²) in [5.74, 6) is 0.378. The fraction of sp³-hybridized carbons (Fsp3) is 0.333. The summed E-state index contributed by atoms with van der Waals surface area (Å²) in [6.45, 7) is 7.02. The summed E-state index contributed by atoms with van der Waals surface area (Å²) in [7, 11) is 0. The van der Waals surface area contributed by atoms with Crippen LogP contribution >= 0.6 is 0 Å². The highest BCUT2D eigenvalue weighted by molar-refractivity contribution is 5.91. The van der Waals surface area contributed by atoms with Gasteiger partial charge in [0, 0.05) is 13.1 Å². The molecule has 0 aliphatic heterocycles. The van der Waals surface area contributed by atoms with Crippen molar-refractivity contribution in [3.63, 3.8) is 0 Å². The van der Waals surface area contributed by atoms with E-state index >= 15 is 0 Å². The number of nitrogens with zero attached hydrogens (tertiary/aromatic N) is 1. The Morgan fingerprint density at radius 1 is 1.50 bits per heavy atom. The SMILES string of the molecule is C=C(C)CN=C(N)NCCNC(=O)c1ccco1. The third-order valence-corrected chi connectivity index (χ3v) is 1.98. The Bertz CT molecular complexity index is 423. The van der Waals surface area contributed by atoms with Crippen LogP contribution in [0, 0.1) is 0 Å². The van der Waals surface area contributed by atoms with Gasteiger partial charge >= 0.3 is 0 Å². The Labute approximate surface area is 106 Å². The maximum absolute atomic E-state index is 11.5. The van der Waals surface area contributed by atoms with E-state index < -0.39 is 0 Å². The van der Waals surface area contributed by atoms with Gasteiger partial charge in [0.05, 0.1) is 12.8 Å². The minimum Gasteiger partial charge on any atom is -0.459 e. The normalized spacial score (nSPS) is 11.1. The molecule has 6 nitrogen and oxygen atoms in total. The molecule has 0 saturated carbocycles. The van der Waals surface area contributed by atoms with E-state index in [0.29, 0.717) is 31.4 Å². The predicted molar refractivity (Wildman–Crippen MR) is 70.3 cm³/mol. The van der Waals surface area contributed by atoms with Crippen LogP contribution in [-0.2, 0) is 0 Å². The zero-order chi connectivity index (χ0) is 13.4. The number of carbonyl (C=O) groups excluding carboxylic acids is 1. The van der Waals surface area contributed by atoms with Crippen molar-refractivity contribution in [2.75, 3.05) is 19.6 Å². The minimum atomic E-state index is -0.251. The first-order valence-corrected chi connectivity index (χ1v) is 5.59. The number of guanidine groups is 1. The number of carbonyl (C=O) groups is 1. The molecule has 0 saturated heterocycles. The van der Waals surface area contributed by atoms with E-state index in [9.17, 15) is 4.79 Å². The average Bonchev–Trinajstić information content (AvgIpc) is 2.85. The lowest BCUT2D eigenvalue weighted by Crippen LogP contribution is -2.38. The second-order valence-electron chi connectivity index (χ2n) is 3.82. The molecule has 0 bridgehead atoms. The van der Waals surface area contributed by atoms with Crippen molar-refractivity contribution in [1.29, 1.82) is 0 Å². The Morgan fingerprint density at radius 2 is 2.22 bits per heavy atom. The summed E-state index contributed by atoms with van der Waals surface area (Å²) >= 11 is 0. The van der Waals surface area contributed by atoms with Gasteiger partial charge in [0.15, 0.2) is 11.7 Å².